The minimum Gasteiger partial charge on any atom is -0.481 e. The third kappa shape index (κ3) is 9.55. The molecule has 1 aromatic rings. The average Bonchev–Trinajstić information content (AvgIpc) is 2.65. The van der Waals surface area contributed by atoms with Crippen LogP contribution in [0.25, 0.3) is 0 Å². The summed E-state index contributed by atoms with van der Waals surface area (Å²) in [6.45, 7) is 2.24. The van der Waals surface area contributed by atoms with E-state index in [2.05, 4.69) is 6.92 Å². The van der Waals surface area contributed by atoms with Gasteiger partial charge in [0.2, 0.25) is 0 Å². The minimum atomic E-state index is -0.979. The van der Waals surface area contributed by atoms with Crippen LogP contribution in [0.2, 0.25) is 0 Å². The molecule has 27 heavy (non-hydrogen) atoms. The Labute approximate surface area is 163 Å². The maximum Gasteiger partial charge on any atom is 0.311 e. The number of para-hydroxylation sites is 1. The number of hydrogen-bond donors (Lipinski definition) is 1. The first-order valence-corrected chi connectivity index (χ1v) is 10.5. The number of nitro groups is 1. The van der Waals surface area contributed by atoms with Crippen LogP contribution >= 0.6 is 0 Å². The number of aliphatic carboxylic acids is 1. The Morgan fingerprint density at radius 2 is 1.41 bits per heavy atom. The molecule has 5 heteroatoms. The predicted octanol–water partition coefficient (Wildman–Crippen LogP) is 6.85. The number of hydrogen-bond acceptors (Lipinski definition) is 3. The van der Waals surface area contributed by atoms with Gasteiger partial charge in [-0.05, 0) is 6.42 Å². The van der Waals surface area contributed by atoms with Crippen molar-refractivity contribution in [2.75, 3.05) is 0 Å². The van der Waals surface area contributed by atoms with E-state index in [9.17, 15) is 20.0 Å². The lowest BCUT2D eigenvalue weighted by atomic mass is 9.91. The fourth-order valence-corrected chi connectivity index (χ4v) is 3.55. The normalized spacial score (nSPS) is 12.0. The van der Waals surface area contributed by atoms with Crippen LogP contribution in [0.15, 0.2) is 24.3 Å². The van der Waals surface area contributed by atoms with Crippen LogP contribution < -0.4 is 0 Å². The number of unbranched alkanes of at least 4 members (excludes halogenated alkanes) is 11. The Balaban J connectivity index is 2.22. The van der Waals surface area contributed by atoms with Gasteiger partial charge in [-0.25, -0.2) is 0 Å². The Kier molecular flexibility index (Phi) is 12.2. The van der Waals surface area contributed by atoms with E-state index < -0.39 is 16.8 Å². The quantitative estimate of drug-likeness (QED) is 0.194. The summed E-state index contributed by atoms with van der Waals surface area (Å²) in [5.74, 6) is -1.78. The van der Waals surface area contributed by atoms with Crippen molar-refractivity contribution >= 4 is 11.7 Å². The molecule has 1 aromatic carbocycles. The lowest BCUT2D eigenvalue weighted by Gasteiger charge is -2.13. The first-order chi connectivity index (χ1) is 13.1. The van der Waals surface area contributed by atoms with Crippen molar-refractivity contribution in [1.29, 1.82) is 0 Å². The van der Waals surface area contributed by atoms with E-state index in [-0.39, 0.29) is 5.69 Å². The van der Waals surface area contributed by atoms with Crippen molar-refractivity contribution in [1.82, 2.24) is 0 Å². The minimum absolute atomic E-state index is 0.0937. The zero-order valence-electron chi connectivity index (χ0n) is 16.7. The molecule has 0 radical (unpaired) electrons. The van der Waals surface area contributed by atoms with E-state index >= 15 is 0 Å². The number of rotatable bonds is 16. The SMILES string of the molecule is CCCCCCCCCCCCCCC(C(=O)O)c1ccccc1[N+](=O)[O-]. The van der Waals surface area contributed by atoms with Crippen LogP contribution in [0.1, 0.15) is 102 Å². The van der Waals surface area contributed by atoms with Gasteiger partial charge in [-0.2, -0.15) is 0 Å². The Hall–Kier alpha value is -1.91. The number of carboxylic acid groups (broad SMARTS) is 1. The van der Waals surface area contributed by atoms with Crippen molar-refractivity contribution in [2.24, 2.45) is 0 Å². The van der Waals surface area contributed by atoms with Gasteiger partial charge in [0.05, 0.1) is 10.8 Å². The van der Waals surface area contributed by atoms with E-state index in [1.807, 2.05) is 0 Å². The molecule has 0 aliphatic rings. The molecule has 5 nitrogen and oxygen atoms in total. The molecule has 0 saturated heterocycles. The fraction of sp³-hybridized carbons (Fsp3) is 0.682. The van der Waals surface area contributed by atoms with Gasteiger partial charge in [0, 0.05) is 11.6 Å². The lowest BCUT2D eigenvalue weighted by molar-refractivity contribution is -0.385. The highest BCUT2D eigenvalue weighted by atomic mass is 16.6. The second kappa shape index (κ2) is 14.2. The second-order valence-electron chi connectivity index (χ2n) is 7.38. The molecule has 1 N–H and O–H groups in total. The van der Waals surface area contributed by atoms with E-state index in [1.165, 1.54) is 63.9 Å². The molecular formula is C22H35NO4. The van der Waals surface area contributed by atoms with Crippen LogP contribution in [-0.4, -0.2) is 16.0 Å². The Bertz CT molecular complexity index is 559. The monoisotopic (exact) mass is 377 g/mol. The third-order valence-corrected chi connectivity index (χ3v) is 5.15. The van der Waals surface area contributed by atoms with Crippen LogP contribution in [0.5, 0.6) is 0 Å². The summed E-state index contributed by atoms with van der Waals surface area (Å²) in [6, 6.07) is 6.19. The molecule has 0 saturated carbocycles. The Morgan fingerprint density at radius 3 is 1.89 bits per heavy atom. The van der Waals surface area contributed by atoms with Gasteiger partial charge in [0.1, 0.15) is 0 Å². The highest BCUT2D eigenvalue weighted by Crippen LogP contribution is 2.30. The van der Waals surface area contributed by atoms with Gasteiger partial charge >= 0.3 is 5.97 Å². The summed E-state index contributed by atoms with van der Waals surface area (Å²) in [7, 11) is 0. The summed E-state index contributed by atoms with van der Waals surface area (Å²) < 4.78 is 0. The summed E-state index contributed by atoms with van der Waals surface area (Å²) in [4.78, 5) is 22.2. The second-order valence-corrected chi connectivity index (χ2v) is 7.38. The topological polar surface area (TPSA) is 80.4 Å². The molecule has 0 aromatic heterocycles. The molecule has 0 heterocycles. The summed E-state index contributed by atoms with van der Waals surface area (Å²) >= 11 is 0. The van der Waals surface area contributed by atoms with Gasteiger partial charge in [-0.15, -0.1) is 0 Å². The van der Waals surface area contributed by atoms with E-state index in [0.717, 1.165) is 19.3 Å². The predicted molar refractivity (Wildman–Crippen MR) is 109 cm³/mol. The van der Waals surface area contributed by atoms with Crippen molar-refractivity contribution < 1.29 is 14.8 Å². The number of carboxylic acids is 1. The van der Waals surface area contributed by atoms with E-state index in [0.29, 0.717) is 12.0 Å². The summed E-state index contributed by atoms with van der Waals surface area (Å²) in [5.41, 5.74) is 0.224. The maximum atomic E-state index is 11.6. The molecule has 1 unspecified atom stereocenters. The smallest absolute Gasteiger partial charge is 0.311 e. The molecule has 0 fully saturated rings. The Morgan fingerprint density at radius 1 is 0.926 bits per heavy atom. The number of benzene rings is 1. The molecular weight excluding hydrogens is 342 g/mol. The first kappa shape index (κ1) is 23.1. The third-order valence-electron chi connectivity index (χ3n) is 5.15. The average molecular weight is 378 g/mol. The molecule has 0 aliphatic heterocycles. The van der Waals surface area contributed by atoms with Gasteiger partial charge in [-0.1, -0.05) is 102 Å². The van der Waals surface area contributed by atoms with Gasteiger partial charge in [0.15, 0.2) is 0 Å². The number of nitro benzene ring substituents is 1. The van der Waals surface area contributed by atoms with Crippen molar-refractivity contribution in [2.45, 2.75) is 96.3 Å². The molecule has 0 amide bonds. The molecule has 0 spiro atoms. The van der Waals surface area contributed by atoms with Crippen LogP contribution in [0.3, 0.4) is 0 Å². The van der Waals surface area contributed by atoms with Gasteiger partial charge in [0.25, 0.3) is 5.69 Å². The van der Waals surface area contributed by atoms with E-state index in [1.54, 1.807) is 18.2 Å². The summed E-state index contributed by atoms with van der Waals surface area (Å²) in [6.07, 6.45) is 15.1. The molecule has 0 aliphatic carbocycles. The maximum absolute atomic E-state index is 11.6. The van der Waals surface area contributed by atoms with Crippen molar-refractivity contribution in [3.05, 3.63) is 39.9 Å². The molecule has 0 bridgehead atoms. The van der Waals surface area contributed by atoms with Crippen LogP contribution in [0.4, 0.5) is 5.69 Å². The lowest BCUT2D eigenvalue weighted by Crippen LogP contribution is -2.13. The number of nitrogens with zero attached hydrogens (tertiary/aromatic N) is 1. The molecule has 1 rings (SSSR count). The zero-order valence-corrected chi connectivity index (χ0v) is 16.7. The highest BCUT2D eigenvalue weighted by Gasteiger charge is 2.26. The van der Waals surface area contributed by atoms with Gasteiger partial charge < -0.3 is 5.11 Å². The number of carbonyl (C=O) groups is 1. The standard InChI is InChI=1S/C22H35NO4/c1-2-3-4-5-6-7-8-9-10-11-12-13-17-20(22(24)25)19-16-14-15-18-21(19)23(26)27/h14-16,18,20H,2-13,17H2,1H3,(H,24,25). The van der Waals surface area contributed by atoms with Gasteiger partial charge in [-0.3, -0.25) is 14.9 Å². The fourth-order valence-electron chi connectivity index (χ4n) is 3.55. The van der Waals surface area contributed by atoms with Crippen LogP contribution in [-0.2, 0) is 4.79 Å². The van der Waals surface area contributed by atoms with E-state index in [4.69, 9.17) is 0 Å². The first-order valence-electron chi connectivity index (χ1n) is 10.5. The molecule has 1 atom stereocenters. The summed E-state index contributed by atoms with van der Waals surface area (Å²) in [5, 5.41) is 20.6. The van der Waals surface area contributed by atoms with Crippen molar-refractivity contribution in [3.63, 3.8) is 0 Å². The van der Waals surface area contributed by atoms with Crippen LogP contribution in [0, 0.1) is 10.1 Å². The van der Waals surface area contributed by atoms with Crippen molar-refractivity contribution in [3.8, 4) is 0 Å². The largest absolute Gasteiger partial charge is 0.481 e. The molecule has 152 valence electrons. The zero-order chi connectivity index (χ0) is 19.9. The highest BCUT2D eigenvalue weighted by molar-refractivity contribution is 5.77.